The van der Waals surface area contributed by atoms with E-state index in [1.54, 1.807) is 12.3 Å². The van der Waals surface area contributed by atoms with Gasteiger partial charge in [0.1, 0.15) is 23.5 Å². The second-order valence-corrected chi connectivity index (χ2v) is 15.1. The van der Waals surface area contributed by atoms with E-state index >= 15 is 0 Å². The first kappa shape index (κ1) is 31.8. The first-order chi connectivity index (χ1) is 19.5. The molecule has 3 heterocycles. The maximum Gasteiger partial charge on any atom is 0.416 e. The minimum Gasteiger partial charge on any atom is -0.387 e. The predicted octanol–water partition coefficient (Wildman–Crippen LogP) is 3.12. The van der Waals surface area contributed by atoms with Crippen molar-refractivity contribution >= 4 is 38.2 Å². The van der Waals surface area contributed by atoms with Gasteiger partial charge in [-0.05, 0) is 60.9 Å². The van der Waals surface area contributed by atoms with Crippen molar-refractivity contribution in [3.8, 4) is 0 Å². The van der Waals surface area contributed by atoms with Gasteiger partial charge in [-0.1, -0.05) is 23.2 Å². The van der Waals surface area contributed by atoms with Crippen LogP contribution in [0.25, 0.3) is 0 Å². The van der Waals surface area contributed by atoms with Crippen LogP contribution in [0, 0.1) is 5.92 Å². The molecule has 1 saturated heterocycles. The van der Waals surface area contributed by atoms with Gasteiger partial charge in [-0.2, -0.15) is 18.3 Å². The number of aliphatic imine (C=N–C) groups is 1. The van der Waals surface area contributed by atoms with E-state index in [0.29, 0.717) is 24.8 Å². The number of aliphatic hydroxyl groups is 2. The van der Waals surface area contributed by atoms with Crippen molar-refractivity contribution in [2.45, 2.75) is 68.5 Å². The highest BCUT2D eigenvalue weighted by atomic mass is 35.5. The molecule has 0 spiro atoms. The van der Waals surface area contributed by atoms with Gasteiger partial charge in [-0.25, -0.2) is 10.0 Å². The fraction of sp³-hybridized carbons (Fsp3) is 0.583. The van der Waals surface area contributed by atoms with Gasteiger partial charge in [0.15, 0.2) is 18.3 Å². The van der Waals surface area contributed by atoms with Gasteiger partial charge >= 0.3 is 21.4 Å². The average molecular weight is 658 g/mol. The number of dihydropyridines is 1. The molecule has 5 N–H and O–H groups in total. The highest BCUT2D eigenvalue weighted by Gasteiger charge is 2.51. The lowest BCUT2D eigenvalue weighted by Crippen LogP contribution is -2.46. The molecule has 0 bridgehead atoms. The molecule has 1 aliphatic carbocycles. The van der Waals surface area contributed by atoms with Crippen LogP contribution in [0.15, 0.2) is 39.9 Å². The van der Waals surface area contributed by atoms with E-state index in [1.165, 1.54) is 17.1 Å². The zero-order valence-electron chi connectivity index (χ0n) is 21.8. The molecule has 0 saturated carbocycles. The summed E-state index contributed by atoms with van der Waals surface area (Å²) in [5.74, 6) is -1.90. The molecule has 8 atom stereocenters. The van der Waals surface area contributed by atoms with E-state index in [0.717, 1.165) is 23.6 Å². The van der Waals surface area contributed by atoms with Crippen LogP contribution in [-0.4, -0.2) is 84.5 Å². The summed E-state index contributed by atoms with van der Waals surface area (Å²) in [5.41, 5.74) is 1.75. The number of nitrogens with zero attached hydrogens (tertiary/aromatic N) is 3. The molecule has 18 heteroatoms. The Bertz CT molecular complexity index is 1400. The van der Waals surface area contributed by atoms with Gasteiger partial charge in [0.05, 0.1) is 18.1 Å². The lowest BCUT2D eigenvalue weighted by molar-refractivity contribution is -0.137. The van der Waals surface area contributed by atoms with Gasteiger partial charge in [0, 0.05) is 6.21 Å². The third-order valence-electron chi connectivity index (χ3n) is 7.80. The number of hydrogen-bond acceptors (Lipinski definition) is 9. The molecule has 4 aliphatic rings. The average Bonchev–Trinajstić information content (AvgIpc) is 3.55. The lowest BCUT2D eigenvalue weighted by atomic mass is 9.87. The van der Waals surface area contributed by atoms with Crippen molar-refractivity contribution in [3.05, 3.63) is 46.5 Å². The summed E-state index contributed by atoms with van der Waals surface area (Å²) in [5, 5.41) is 26.9. The van der Waals surface area contributed by atoms with E-state index < -0.39 is 76.1 Å². The minimum atomic E-state index is -4.87. The third kappa shape index (κ3) is 6.86. The number of hydrazone groups is 1. The van der Waals surface area contributed by atoms with E-state index in [2.05, 4.69) is 10.1 Å². The molecule has 3 unspecified atom stereocenters. The van der Waals surface area contributed by atoms with Crippen molar-refractivity contribution in [2.24, 2.45) is 16.0 Å². The fourth-order valence-electron chi connectivity index (χ4n) is 5.81. The summed E-state index contributed by atoms with van der Waals surface area (Å²) in [4.78, 5) is 32.0. The summed E-state index contributed by atoms with van der Waals surface area (Å²) in [6.07, 6.45) is -5.24. The van der Waals surface area contributed by atoms with Gasteiger partial charge in [-0.15, -0.1) is 0 Å². The summed E-state index contributed by atoms with van der Waals surface area (Å²) >= 11 is 6.31. The molecule has 0 radical (unpaired) electrons. The number of ether oxygens (including phenoxy) is 1. The fourth-order valence-corrected chi connectivity index (χ4v) is 8.62. The highest BCUT2D eigenvalue weighted by molar-refractivity contribution is 7.70. The zero-order valence-corrected chi connectivity index (χ0v) is 24.3. The summed E-state index contributed by atoms with van der Waals surface area (Å²) in [7, 11) is -9.60. The topological polar surface area (TPSA) is 182 Å². The minimum absolute atomic E-state index is 0.0716. The number of alkyl halides is 3. The number of hydrogen-bond donors (Lipinski definition) is 5. The largest absolute Gasteiger partial charge is 0.416 e. The number of aliphatic hydroxyl groups excluding tert-OH is 2. The number of rotatable bonds is 9. The van der Waals surface area contributed by atoms with E-state index in [1.807, 2.05) is 0 Å². The van der Waals surface area contributed by atoms with Crippen LogP contribution in [0.2, 0.25) is 0 Å². The van der Waals surface area contributed by atoms with Gasteiger partial charge in [0.25, 0.3) is 0 Å². The Morgan fingerprint density at radius 1 is 1.17 bits per heavy atom. The SMILES string of the molecule is O=P(O)(O)CP(=O)(O)OC[C@H]1O[C@@H](N2N=CC3C(CC[C@@H]4CCc5ccc(C(F)(F)F)cc54)=CC(Cl)=NC32)[C@H](O)[C@@H]1O. The summed E-state index contributed by atoms with van der Waals surface area (Å²) < 4.78 is 73.3. The van der Waals surface area contributed by atoms with E-state index in [-0.39, 0.29) is 11.1 Å². The number of fused-ring (bicyclic) bond motifs is 2. The maximum absolute atomic E-state index is 13.3. The van der Waals surface area contributed by atoms with Crippen LogP contribution < -0.4 is 0 Å². The normalized spacial score (nSPS) is 32.4. The summed E-state index contributed by atoms with van der Waals surface area (Å²) in [6.45, 7) is -0.748. The third-order valence-corrected chi connectivity index (χ3v) is 11.5. The molecule has 232 valence electrons. The van der Waals surface area contributed by atoms with Crippen LogP contribution in [-0.2, 0) is 31.0 Å². The highest BCUT2D eigenvalue weighted by Crippen LogP contribution is 2.55. The van der Waals surface area contributed by atoms with Crippen LogP contribution in [0.3, 0.4) is 0 Å². The first-order valence-corrected chi connectivity index (χ1v) is 16.9. The Labute approximate surface area is 243 Å². The maximum atomic E-state index is 13.3. The molecular weight excluding hydrogens is 629 g/mol. The van der Waals surface area contributed by atoms with Crippen molar-refractivity contribution in [1.82, 2.24) is 5.01 Å². The molecular formula is C24H29ClF3N3O9P2. The second-order valence-electron chi connectivity index (χ2n) is 10.7. The van der Waals surface area contributed by atoms with Gasteiger partial charge < -0.3 is 34.2 Å². The molecule has 5 rings (SSSR count). The molecule has 3 aliphatic heterocycles. The molecule has 1 aromatic rings. The van der Waals surface area contributed by atoms with Crippen molar-refractivity contribution in [1.29, 1.82) is 0 Å². The Hall–Kier alpha value is -1.64. The van der Waals surface area contributed by atoms with Crippen LogP contribution >= 0.6 is 26.8 Å². The number of allylic oxidation sites excluding steroid dienone is 1. The van der Waals surface area contributed by atoms with Crippen LogP contribution in [0.1, 0.15) is 41.9 Å². The zero-order chi connectivity index (χ0) is 30.6. The Morgan fingerprint density at radius 2 is 1.90 bits per heavy atom. The molecule has 1 aromatic carbocycles. The van der Waals surface area contributed by atoms with Crippen molar-refractivity contribution < 1.29 is 56.5 Å². The number of benzene rings is 1. The molecule has 12 nitrogen and oxygen atoms in total. The molecule has 0 aromatic heterocycles. The van der Waals surface area contributed by atoms with Crippen molar-refractivity contribution in [2.75, 3.05) is 12.5 Å². The van der Waals surface area contributed by atoms with E-state index in [9.17, 15) is 37.4 Å². The first-order valence-electron chi connectivity index (χ1n) is 13.0. The molecule has 1 fully saturated rings. The Morgan fingerprint density at radius 3 is 2.60 bits per heavy atom. The van der Waals surface area contributed by atoms with Crippen LogP contribution in [0.4, 0.5) is 13.2 Å². The smallest absolute Gasteiger partial charge is 0.387 e. The van der Waals surface area contributed by atoms with Crippen LogP contribution in [0.5, 0.6) is 0 Å². The quantitative estimate of drug-likeness (QED) is 0.248. The predicted molar refractivity (Wildman–Crippen MR) is 144 cm³/mol. The Balaban J connectivity index is 1.23. The standard InChI is InChI=1S/C24H29ClF3N3O9P2/c25-19-7-14(4-3-12-1-2-13-5-6-15(8-16(12)13)24(26,27)28)17-9-29-31(22(17)30-19)23-21(33)20(32)18(40-23)10-39-42(37,38)11-41(34,35)36/h5-9,12,17-18,20-23,32-33H,1-4,10-11H2,(H,37,38)(H2,34,35,36)/t12-,17?,18+,20+,21+,22?,23+/m0/s1. The van der Waals surface area contributed by atoms with Crippen molar-refractivity contribution in [3.63, 3.8) is 0 Å². The Kier molecular flexibility index (Phi) is 8.85. The number of halogens is 4. The second kappa shape index (κ2) is 11.7. The molecule has 0 amide bonds. The van der Waals surface area contributed by atoms with E-state index in [4.69, 9.17) is 30.6 Å². The lowest BCUT2D eigenvalue weighted by Gasteiger charge is -2.33. The summed E-state index contributed by atoms with van der Waals surface area (Å²) in [6, 6.07) is 3.87. The monoisotopic (exact) mass is 657 g/mol. The number of aryl methyl sites for hydroxylation is 1. The van der Waals surface area contributed by atoms with Gasteiger partial charge in [-0.3, -0.25) is 9.13 Å². The molecule has 42 heavy (non-hydrogen) atoms. The van der Waals surface area contributed by atoms with Gasteiger partial charge in [0.2, 0.25) is 0 Å².